The zero-order valence-electron chi connectivity index (χ0n) is 18.0. The molecule has 1 unspecified atom stereocenters. The molecule has 1 atom stereocenters. The number of nitrogens with zero attached hydrogens (tertiary/aromatic N) is 1. The van der Waals surface area contributed by atoms with E-state index in [9.17, 15) is 15.0 Å². The fourth-order valence-electron chi connectivity index (χ4n) is 3.61. The number of nitrogens with one attached hydrogen (secondary N) is 1. The molecule has 0 saturated carbocycles. The highest BCUT2D eigenvalue weighted by Gasteiger charge is 2.20. The second-order valence-corrected chi connectivity index (χ2v) is 7.83. The van der Waals surface area contributed by atoms with Gasteiger partial charge in [0.05, 0.1) is 12.2 Å². The molecule has 3 N–H and O–H groups in total. The Kier molecular flexibility index (Phi) is 8.70. The van der Waals surface area contributed by atoms with Crippen LogP contribution in [0.25, 0.3) is 0 Å². The minimum atomic E-state index is -0.593. The van der Waals surface area contributed by atoms with Crippen molar-refractivity contribution in [2.24, 2.45) is 0 Å². The Morgan fingerprint density at radius 2 is 1.81 bits per heavy atom. The van der Waals surface area contributed by atoms with Gasteiger partial charge in [-0.05, 0) is 74.8 Å². The van der Waals surface area contributed by atoms with E-state index < -0.39 is 6.10 Å². The van der Waals surface area contributed by atoms with Gasteiger partial charge in [-0.2, -0.15) is 0 Å². The van der Waals surface area contributed by atoms with Crippen LogP contribution in [0, 0.1) is 0 Å². The number of rotatable bonds is 10. The molecule has 0 radical (unpaired) electrons. The molecule has 1 fully saturated rings. The normalized spacial score (nSPS) is 16.1. The van der Waals surface area contributed by atoms with Gasteiger partial charge in [-0.3, -0.25) is 4.90 Å². The van der Waals surface area contributed by atoms with E-state index in [1.165, 1.54) is 5.56 Å². The molecule has 31 heavy (non-hydrogen) atoms. The summed E-state index contributed by atoms with van der Waals surface area (Å²) >= 11 is 0. The zero-order valence-corrected chi connectivity index (χ0v) is 18.0. The monoisotopic (exact) mass is 428 g/mol. The minimum Gasteiger partial charge on any atom is -0.508 e. The van der Waals surface area contributed by atoms with Crippen molar-refractivity contribution in [3.8, 4) is 11.5 Å². The molecular formula is C24H32N2O5. The number of piperidine rings is 1. The van der Waals surface area contributed by atoms with Crippen molar-refractivity contribution in [3.63, 3.8) is 0 Å². The van der Waals surface area contributed by atoms with Crippen LogP contribution < -0.4 is 10.1 Å². The fraction of sp³-hybridized carbons (Fsp3) is 0.458. The third-order valence-corrected chi connectivity index (χ3v) is 5.38. The fourth-order valence-corrected chi connectivity index (χ4v) is 3.61. The number of aromatic hydroxyl groups is 1. The van der Waals surface area contributed by atoms with Crippen molar-refractivity contribution in [3.05, 3.63) is 59.7 Å². The third kappa shape index (κ3) is 7.54. The number of carbonyl (C=O) groups is 1. The first-order valence-corrected chi connectivity index (χ1v) is 10.8. The van der Waals surface area contributed by atoms with E-state index in [2.05, 4.69) is 10.2 Å². The highest BCUT2D eigenvalue weighted by molar-refractivity contribution is 5.89. The summed E-state index contributed by atoms with van der Waals surface area (Å²) in [5, 5.41) is 22.9. The van der Waals surface area contributed by atoms with Crippen LogP contribution in [0.4, 0.5) is 0 Å². The molecule has 1 aliphatic heterocycles. The van der Waals surface area contributed by atoms with Crippen molar-refractivity contribution in [1.82, 2.24) is 10.2 Å². The number of ether oxygens (including phenoxy) is 2. The molecular weight excluding hydrogens is 396 g/mol. The number of esters is 1. The van der Waals surface area contributed by atoms with Gasteiger partial charge in [0.2, 0.25) is 0 Å². The molecule has 1 aliphatic rings. The summed E-state index contributed by atoms with van der Waals surface area (Å²) in [6, 6.07) is 14.5. The van der Waals surface area contributed by atoms with Crippen LogP contribution in [0.5, 0.6) is 11.5 Å². The van der Waals surface area contributed by atoms with Gasteiger partial charge in [-0.25, -0.2) is 4.79 Å². The van der Waals surface area contributed by atoms with Crippen molar-refractivity contribution in [2.75, 3.05) is 32.8 Å². The van der Waals surface area contributed by atoms with E-state index in [0.717, 1.165) is 32.5 Å². The summed E-state index contributed by atoms with van der Waals surface area (Å²) in [6.45, 7) is 5.70. The topological polar surface area (TPSA) is 91.3 Å². The first kappa shape index (κ1) is 23.1. The first-order valence-electron chi connectivity index (χ1n) is 10.8. The number of aliphatic hydroxyl groups excluding tert-OH is 1. The van der Waals surface area contributed by atoms with E-state index in [0.29, 0.717) is 30.5 Å². The van der Waals surface area contributed by atoms with Crippen LogP contribution in [-0.4, -0.2) is 66.1 Å². The highest BCUT2D eigenvalue weighted by Crippen LogP contribution is 2.17. The lowest BCUT2D eigenvalue weighted by Crippen LogP contribution is -2.45. The summed E-state index contributed by atoms with van der Waals surface area (Å²) in [5.74, 6) is 0.534. The molecule has 2 aromatic rings. The largest absolute Gasteiger partial charge is 0.508 e. The van der Waals surface area contributed by atoms with E-state index in [1.54, 1.807) is 31.2 Å². The molecule has 0 spiro atoms. The standard InChI is InChI=1S/C24H32N2O5/c1-2-30-24(29)19-5-3-18(4-6-19)16-26-13-11-20(12-14-26)25-15-22(28)17-31-23-9-7-21(27)8-10-23/h3-10,20,22,25,27-28H,2,11-17H2,1H3. The Balaban J connectivity index is 1.33. The molecule has 3 rings (SSSR count). The molecule has 2 aromatic carbocycles. The maximum absolute atomic E-state index is 11.7. The number of hydrogen-bond donors (Lipinski definition) is 3. The Morgan fingerprint density at radius 3 is 2.45 bits per heavy atom. The molecule has 0 amide bonds. The maximum Gasteiger partial charge on any atom is 0.338 e. The molecule has 168 valence electrons. The first-order chi connectivity index (χ1) is 15.0. The van der Waals surface area contributed by atoms with Crippen LogP contribution in [0.15, 0.2) is 48.5 Å². The molecule has 1 heterocycles. The zero-order chi connectivity index (χ0) is 22.1. The van der Waals surface area contributed by atoms with Gasteiger partial charge in [0.1, 0.15) is 24.2 Å². The summed E-state index contributed by atoms with van der Waals surface area (Å²) in [4.78, 5) is 14.1. The Labute approximate surface area is 183 Å². The predicted octanol–water partition coefficient (Wildman–Crippen LogP) is 2.56. The van der Waals surface area contributed by atoms with Gasteiger partial charge < -0.3 is 25.0 Å². The number of hydrogen-bond acceptors (Lipinski definition) is 7. The van der Waals surface area contributed by atoms with Crippen molar-refractivity contribution < 1.29 is 24.5 Å². The summed E-state index contributed by atoms with van der Waals surface area (Å²) in [6.07, 6.45) is 1.45. The Bertz CT molecular complexity index is 802. The summed E-state index contributed by atoms with van der Waals surface area (Å²) in [5.41, 5.74) is 1.77. The molecule has 7 heteroatoms. The Morgan fingerprint density at radius 1 is 1.13 bits per heavy atom. The third-order valence-electron chi connectivity index (χ3n) is 5.38. The van der Waals surface area contributed by atoms with Gasteiger partial charge >= 0.3 is 5.97 Å². The van der Waals surface area contributed by atoms with Gasteiger partial charge in [-0.1, -0.05) is 12.1 Å². The quantitative estimate of drug-likeness (QED) is 0.501. The smallest absolute Gasteiger partial charge is 0.338 e. The molecule has 1 saturated heterocycles. The average molecular weight is 429 g/mol. The van der Waals surface area contributed by atoms with Crippen LogP contribution >= 0.6 is 0 Å². The van der Waals surface area contributed by atoms with Gasteiger partial charge in [0.25, 0.3) is 0 Å². The molecule has 0 aliphatic carbocycles. The summed E-state index contributed by atoms with van der Waals surface area (Å²) < 4.78 is 10.6. The van der Waals surface area contributed by atoms with Gasteiger partial charge in [0.15, 0.2) is 0 Å². The van der Waals surface area contributed by atoms with Crippen LogP contribution in [0.1, 0.15) is 35.7 Å². The van der Waals surface area contributed by atoms with E-state index >= 15 is 0 Å². The second kappa shape index (κ2) is 11.7. The van der Waals surface area contributed by atoms with Crippen LogP contribution in [-0.2, 0) is 11.3 Å². The van der Waals surface area contributed by atoms with Gasteiger partial charge in [-0.15, -0.1) is 0 Å². The van der Waals surface area contributed by atoms with E-state index in [1.807, 2.05) is 24.3 Å². The van der Waals surface area contributed by atoms with Crippen LogP contribution in [0.2, 0.25) is 0 Å². The number of carbonyl (C=O) groups excluding carboxylic acids is 1. The maximum atomic E-state index is 11.7. The summed E-state index contributed by atoms with van der Waals surface area (Å²) in [7, 11) is 0. The SMILES string of the molecule is CCOC(=O)c1ccc(CN2CCC(NCC(O)COc3ccc(O)cc3)CC2)cc1. The lowest BCUT2D eigenvalue weighted by atomic mass is 10.0. The molecule has 0 bridgehead atoms. The van der Waals surface area contributed by atoms with Crippen molar-refractivity contribution >= 4 is 5.97 Å². The molecule has 0 aromatic heterocycles. The van der Waals surface area contributed by atoms with Crippen molar-refractivity contribution in [1.29, 1.82) is 0 Å². The second-order valence-electron chi connectivity index (χ2n) is 7.83. The minimum absolute atomic E-state index is 0.189. The van der Waals surface area contributed by atoms with Crippen LogP contribution in [0.3, 0.4) is 0 Å². The molecule has 7 nitrogen and oxygen atoms in total. The number of likely N-dealkylation sites (tertiary alicyclic amines) is 1. The lowest BCUT2D eigenvalue weighted by molar-refractivity contribution is 0.0526. The number of phenols is 1. The number of aliphatic hydroxyl groups is 1. The highest BCUT2D eigenvalue weighted by atomic mass is 16.5. The number of phenolic OH excluding ortho intramolecular Hbond substituents is 1. The van der Waals surface area contributed by atoms with E-state index in [-0.39, 0.29) is 18.3 Å². The van der Waals surface area contributed by atoms with E-state index in [4.69, 9.17) is 9.47 Å². The van der Waals surface area contributed by atoms with Gasteiger partial charge in [0, 0.05) is 19.1 Å². The lowest BCUT2D eigenvalue weighted by Gasteiger charge is -2.33. The number of benzene rings is 2. The Hall–Kier alpha value is -2.61. The predicted molar refractivity (Wildman–Crippen MR) is 118 cm³/mol. The van der Waals surface area contributed by atoms with Crippen molar-refractivity contribution in [2.45, 2.75) is 38.5 Å². The average Bonchev–Trinajstić information content (AvgIpc) is 2.79.